The average Bonchev–Trinajstić information content (AvgIpc) is 3.72. The number of nitrogens with one attached hydrogen (secondary N) is 1. The number of rotatable bonds is 7. The van der Waals surface area contributed by atoms with Crippen LogP contribution in [0.3, 0.4) is 0 Å². The van der Waals surface area contributed by atoms with E-state index in [4.69, 9.17) is 16.3 Å². The third-order valence-corrected chi connectivity index (χ3v) is 6.43. The van der Waals surface area contributed by atoms with Gasteiger partial charge in [-0.3, -0.25) is 4.79 Å². The molecule has 2 aromatic heterocycles. The van der Waals surface area contributed by atoms with Crippen molar-refractivity contribution in [3.8, 4) is 28.8 Å². The minimum Gasteiger partial charge on any atom is -0.484 e. The molecule has 37 heavy (non-hydrogen) atoms. The third-order valence-electron chi connectivity index (χ3n) is 6.10. The normalized spacial score (nSPS) is 16.8. The highest BCUT2D eigenvalue weighted by Gasteiger charge is 2.62. The van der Waals surface area contributed by atoms with Crippen molar-refractivity contribution in [3.63, 3.8) is 0 Å². The second-order valence-corrected chi connectivity index (χ2v) is 9.44. The molecule has 0 spiro atoms. The molecule has 0 aliphatic heterocycles. The molecule has 2 heterocycles. The molecule has 2 aliphatic rings. The summed E-state index contributed by atoms with van der Waals surface area (Å²) in [6.07, 6.45) is -1.55. The van der Waals surface area contributed by atoms with Crippen LogP contribution in [0.5, 0.6) is 5.75 Å². The van der Waals surface area contributed by atoms with Gasteiger partial charge in [0.1, 0.15) is 5.54 Å². The van der Waals surface area contributed by atoms with Gasteiger partial charge in [0.2, 0.25) is 0 Å². The van der Waals surface area contributed by atoms with Crippen molar-refractivity contribution in [2.75, 3.05) is 0 Å². The monoisotopic (exact) mass is 540 g/mol. The van der Waals surface area contributed by atoms with E-state index in [0.717, 1.165) is 9.36 Å². The molecular weight excluding hydrogens is 523 g/mol. The highest BCUT2D eigenvalue weighted by atomic mass is 35.5. The molecule has 5 rings (SSSR count). The van der Waals surface area contributed by atoms with E-state index in [1.165, 1.54) is 31.6 Å². The van der Waals surface area contributed by atoms with E-state index in [1.54, 1.807) is 6.07 Å². The van der Waals surface area contributed by atoms with Crippen molar-refractivity contribution in [1.29, 1.82) is 5.26 Å². The van der Waals surface area contributed by atoms with Gasteiger partial charge < -0.3 is 10.1 Å². The van der Waals surface area contributed by atoms with Gasteiger partial charge in [0.05, 0.1) is 29.0 Å². The van der Waals surface area contributed by atoms with Crippen LogP contribution in [0.1, 0.15) is 41.7 Å². The van der Waals surface area contributed by atoms with Crippen molar-refractivity contribution >= 4 is 17.5 Å². The first-order valence-electron chi connectivity index (χ1n) is 11.1. The highest BCUT2D eigenvalue weighted by Crippen LogP contribution is 2.49. The van der Waals surface area contributed by atoms with Gasteiger partial charge >= 0.3 is 12.1 Å². The Labute approximate surface area is 211 Å². The zero-order chi connectivity index (χ0) is 26.8. The molecule has 0 atom stereocenters. The Morgan fingerprint density at radius 3 is 2.54 bits per heavy atom. The lowest BCUT2D eigenvalue weighted by Gasteiger charge is -2.18. The van der Waals surface area contributed by atoms with Gasteiger partial charge in [-0.25, -0.2) is 9.36 Å². The zero-order valence-electron chi connectivity index (χ0n) is 19.1. The minimum absolute atomic E-state index is 0.110. The van der Waals surface area contributed by atoms with Crippen LogP contribution in [0.15, 0.2) is 30.6 Å². The Hall–Kier alpha value is -3.66. The first-order valence-corrected chi connectivity index (χ1v) is 11.5. The number of carbonyl (C=O) groups is 1. The molecule has 8 nitrogen and oxygen atoms in total. The molecule has 14 heteroatoms. The van der Waals surface area contributed by atoms with E-state index < -0.39 is 41.1 Å². The van der Waals surface area contributed by atoms with Gasteiger partial charge in [-0.1, -0.05) is 17.7 Å². The largest absolute Gasteiger partial charge is 0.484 e. The van der Waals surface area contributed by atoms with Crippen LogP contribution < -0.4 is 10.1 Å². The van der Waals surface area contributed by atoms with Crippen LogP contribution in [0.4, 0.5) is 22.0 Å². The number of nitriles is 1. The summed E-state index contributed by atoms with van der Waals surface area (Å²) in [5, 5.41) is 19.6. The number of benzene rings is 1. The lowest BCUT2D eigenvalue weighted by atomic mass is 10.1. The Morgan fingerprint density at radius 2 is 1.95 bits per heavy atom. The predicted molar refractivity (Wildman–Crippen MR) is 119 cm³/mol. The van der Waals surface area contributed by atoms with Gasteiger partial charge in [-0.15, -0.1) is 0 Å². The maximum Gasteiger partial charge on any atom is 0.459 e. The van der Waals surface area contributed by atoms with E-state index in [9.17, 15) is 32.0 Å². The number of halogens is 6. The first kappa shape index (κ1) is 25.0. The van der Waals surface area contributed by atoms with Crippen LogP contribution in [0, 0.1) is 11.3 Å². The highest BCUT2D eigenvalue weighted by molar-refractivity contribution is 6.34. The number of nitrogens with zero attached hydrogens (tertiary/aromatic N) is 5. The van der Waals surface area contributed by atoms with Gasteiger partial charge in [-0.2, -0.15) is 37.4 Å². The second-order valence-electron chi connectivity index (χ2n) is 9.03. The van der Waals surface area contributed by atoms with Gasteiger partial charge in [-0.05, 0) is 43.4 Å². The summed E-state index contributed by atoms with van der Waals surface area (Å²) in [5.74, 6) is -6.70. The molecule has 1 aromatic carbocycles. The van der Waals surface area contributed by atoms with Crippen molar-refractivity contribution < 1.29 is 31.5 Å². The molecule has 1 N–H and O–H groups in total. The SMILES string of the molecule is Cn1nc(C(F)(F)C(F)(F)F)c(OC2CC2)c1-n1cc(-c2ccc(Cl)c(C(=O)NC3(C#N)CC3)c2)cn1. The molecule has 0 saturated heterocycles. The van der Waals surface area contributed by atoms with E-state index in [-0.39, 0.29) is 16.4 Å². The summed E-state index contributed by atoms with van der Waals surface area (Å²) in [6, 6.07) is 6.60. The Kier molecular flexibility index (Phi) is 5.71. The molecule has 3 aromatic rings. The minimum atomic E-state index is -5.87. The van der Waals surface area contributed by atoms with Crippen LogP contribution in [0.25, 0.3) is 16.9 Å². The fraction of sp³-hybridized carbons (Fsp3) is 0.391. The number of carbonyl (C=O) groups excluding carboxylic acids is 1. The van der Waals surface area contributed by atoms with Crippen molar-refractivity contribution in [2.45, 2.75) is 49.4 Å². The summed E-state index contributed by atoms with van der Waals surface area (Å²) >= 11 is 6.19. The molecular formula is C23H18ClF5N6O2. The maximum absolute atomic E-state index is 14.3. The number of amides is 1. The summed E-state index contributed by atoms with van der Waals surface area (Å²) < 4.78 is 75.4. The zero-order valence-corrected chi connectivity index (χ0v) is 19.9. The maximum atomic E-state index is 14.3. The molecule has 0 unspecified atom stereocenters. The average molecular weight is 541 g/mol. The fourth-order valence-corrected chi connectivity index (χ4v) is 3.89. The number of hydrogen-bond donors (Lipinski definition) is 1. The summed E-state index contributed by atoms with van der Waals surface area (Å²) in [7, 11) is 1.21. The van der Waals surface area contributed by atoms with Gasteiger partial charge in [0.25, 0.3) is 5.91 Å². The summed E-state index contributed by atoms with van der Waals surface area (Å²) in [5.41, 5.74) is -1.46. The Bertz CT molecular complexity index is 1430. The van der Waals surface area contributed by atoms with Crippen LogP contribution >= 0.6 is 11.6 Å². The fourth-order valence-electron chi connectivity index (χ4n) is 3.69. The molecule has 0 bridgehead atoms. The van der Waals surface area contributed by atoms with Crippen LogP contribution in [0.2, 0.25) is 5.02 Å². The standard InChI is InChI=1S/C23H18ClF5N6O2/c1-34-20(17(37-14-3-4-14)18(33-34)22(25,26)23(27,28)29)35-10-13(9-31-35)12-2-5-16(24)15(8-12)19(36)32-21(11-30)6-7-21/h2,5,8-10,14H,3-4,6-7H2,1H3,(H,32,36). The number of aryl methyl sites for hydroxylation is 1. The van der Waals surface area contributed by atoms with Gasteiger partial charge in [0.15, 0.2) is 17.3 Å². The number of hydrogen-bond acceptors (Lipinski definition) is 5. The van der Waals surface area contributed by atoms with Gasteiger partial charge in [0, 0.05) is 18.8 Å². The Morgan fingerprint density at radius 1 is 1.24 bits per heavy atom. The van der Waals surface area contributed by atoms with Crippen LogP contribution in [-0.2, 0) is 13.0 Å². The molecule has 2 aliphatic carbocycles. The molecule has 194 valence electrons. The molecule has 0 radical (unpaired) electrons. The quantitative estimate of drug-likeness (QED) is 0.430. The lowest BCUT2D eigenvalue weighted by Crippen LogP contribution is -2.35. The smallest absolute Gasteiger partial charge is 0.459 e. The van der Waals surface area contributed by atoms with E-state index >= 15 is 0 Å². The van der Waals surface area contributed by atoms with E-state index in [1.807, 2.05) is 0 Å². The molecule has 1 amide bonds. The molecule has 2 fully saturated rings. The number of ether oxygens (including phenoxy) is 1. The number of aromatic nitrogens is 4. The Balaban J connectivity index is 1.51. The van der Waals surface area contributed by atoms with Crippen LogP contribution in [-0.4, -0.2) is 43.3 Å². The first-order chi connectivity index (χ1) is 17.3. The second kappa shape index (κ2) is 8.44. The summed E-state index contributed by atoms with van der Waals surface area (Å²) in [6.45, 7) is 0. The summed E-state index contributed by atoms with van der Waals surface area (Å²) in [4.78, 5) is 12.7. The third kappa shape index (κ3) is 4.50. The van der Waals surface area contributed by atoms with Crippen molar-refractivity contribution in [3.05, 3.63) is 46.9 Å². The number of alkyl halides is 5. The van der Waals surface area contributed by atoms with Crippen molar-refractivity contribution in [1.82, 2.24) is 24.9 Å². The van der Waals surface area contributed by atoms with E-state index in [2.05, 4.69) is 21.6 Å². The van der Waals surface area contributed by atoms with E-state index in [0.29, 0.717) is 36.8 Å². The lowest BCUT2D eigenvalue weighted by molar-refractivity contribution is -0.291. The predicted octanol–water partition coefficient (Wildman–Crippen LogP) is 4.91. The topological polar surface area (TPSA) is 97.8 Å². The van der Waals surface area contributed by atoms with Crippen molar-refractivity contribution in [2.24, 2.45) is 7.05 Å². The molecule has 2 saturated carbocycles.